The van der Waals surface area contributed by atoms with E-state index in [1.54, 1.807) is 12.3 Å². The van der Waals surface area contributed by atoms with Crippen LogP contribution in [0.5, 0.6) is 0 Å². The normalized spacial score (nSPS) is 12.3. The zero-order chi connectivity index (χ0) is 11.0. The van der Waals surface area contributed by atoms with Crippen LogP contribution in [0, 0.1) is 13.8 Å². The molecule has 5 heteroatoms. The average Bonchev–Trinajstić information content (AvgIpc) is 2.54. The van der Waals surface area contributed by atoms with Gasteiger partial charge in [-0.05, 0) is 26.0 Å². The lowest BCUT2D eigenvalue weighted by molar-refractivity contribution is 0.318. The Hall–Kier alpha value is -2.04. The van der Waals surface area contributed by atoms with Crippen molar-refractivity contribution in [2.24, 2.45) is 10.9 Å². The molecule has 0 spiro atoms. The third-order valence-electron chi connectivity index (χ3n) is 2.50. The fraction of sp³-hybridized carbons (Fsp3) is 0.200. The second kappa shape index (κ2) is 3.27. The topological polar surface area (TPSA) is 75.9 Å². The number of oxime groups is 1. The number of fused-ring (bicyclic) bond motifs is 1. The molecule has 0 aromatic carbocycles. The highest BCUT2D eigenvalue weighted by molar-refractivity contribution is 5.96. The van der Waals surface area contributed by atoms with Gasteiger partial charge in [0.1, 0.15) is 5.65 Å². The molecule has 2 rings (SSSR count). The van der Waals surface area contributed by atoms with Gasteiger partial charge in [0.2, 0.25) is 0 Å². The summed E-state index contributed by atoms with van der Waals surface area (Å²) in [7, 11) is 0. The summed E-state index contributed by atoms with van der Waals surface area (Å²) in [5, 5.41) is 11.5. The van der Waals surface area contributed by atoms with Gasteiger partial charge in [0.05, 0.1) is 5.69 Å². The lowest BCUT2D eigenvalue weighted by atomic mass is 10.2. The van der Waals surface area contributed by atoms with Crippen LogP contribution in [-0.4, -0.2) is 20.4 Å². The molecule has 0 aliphatic carbocycles. The molecule has 0 unspecified atom stereocenters. The molecule has 0 atom stereocenters. The molecule has 3 N–H and O–H groups in total. The number of nitrogens with two attached hydrogens (primary N) is 1. The van der Waals surface area contributed by atoms with Gasteiger partial charge in [0.15, 0.2) is 5.84 Å². The quantitative estimate of drug-likeness (QED) is 0.315. The third-order valence-corrected chi connectivity index (χ3v) is 2.50. The Balaban J connectivity index is 2.69. The Morgan fingerprint density at radius 3 is 2.87 bits per heavy atom. The Morgan fingerprint density at radius 1 is 1.47 bits per heavy atom. The lowest BCUT2D eigenvalue weighted by Crippen LogP contribution is -2.13. The minimum absolute atomic E-state index is 0.0997. The van der Waals surface area contributed by atoms with Crippen LogP contribution in [0.15, 0.2) is 23.5 Å². The molecule has 0 amide bonds. The predicted molar refractivity (Wildman–Crippen MR) is 57.2 cm³/mol. The number of rotatable bonds is 1. The molecule has 2 aromatic heterocycles. The van der Waals surface area contributed by atoms with Crippen LogP contribution < -0.4 is 5.73 Å². The zero-order valence-electron chi connectivity index (χ0n) is 8.60. The summed E-state index contributed by atoms with van der Waals surface area (Å²) in [6, 6.07) is 3.61. The summed E-state index contributed by atoms with van der Waals surface area (Å²) in [6.07, 6.45) is 1.81. The van der Waals surface area contributed by atoms with E-state index in [0.29, 0.717) is 5.56 Å². The van der Waals surface area contributed by atoms with E-state index in [9.17, 15) is 0 Å². The number of nitrogens with zero attached hydrogens (tertiary/aromatic N) is 3. The van der Waals surface area contributed by atoms with Crippen molar-refractivity contribution in [3.8, 4) is 0 Å². The molecule has 0 saturated heterocycles. The number of aryl methyl sites for hydroxylation is 2. The van der Waals surface area contributed by atoms with Crippen molar-refractivity contribution in [3.63, 3.8) is 0 Å². The largest absolute Gasteiger partial charge is 0.409 e. The van der Waals surface area contributed by atoms with Gasteiger partial charge in [-0.15, -0.1) is 0 Å². The van der Waals surface area contributed by atoms with Crippen molar-refractivity contribution in [1.29, 1.82) is 0 Å². The molecular weight excluding hydrogens is 192 g/mol. The van der Waals surface area contributed by atoms with E-state index in [0.717, 1.165) is 17.0 Å². The van der Waals surface area contributed by atoms with Crippen LogP contribution in [0.25, 0.3) is 5.65 Å². The van der Waals surface area contributed by atoms with Crippen LogP contribution in [0.1, 0.15) is 17.0 Å². The first kappa shape index (κ1) is 9.51. The molecule has 78 valence electrons. The summed E-state index contributed by atoms with van der Waals surface area (Å²) in [5.74, 6) is 0.0997. The summed E-state index contributed by atoms with van der Waals surface area (Å²) < 4.78 is 1.92. The number of hydrogen-bond acceptors (Lipinski definition) is 3. The van der Waals surface area contributed by atoms with Gasteiger partial charge >= 0.3 is 0 Å². The second-order valence-corrected chi connectivity index (χ2v) is 3.41. The molecule has 5 nitrogen and oxygen atoms in total. The van der Waals surface area contributed by atoms with Crippen LogP contribution in [0.3, 0.4) is 0 Å². The van der Waals surface area contributed by atoms with E-state index in [1.807, 2.05) is 24.3 Å². The van der Waals surface area contributed by atoms with Crippen molar-refractivity contribution in [1.82, 2.24) is 9.38 Å². The maximum absolute atomic E-state index is 8.57. The average molecular weight is 204 g/mol. The van der Waals surface area contributed by atoms with Gasteiger partial charge in [-0.2, -0.15) is 0 Å². The van der Waals surface area contributed by atoms with Crippen LogP contribution in [0.4, 0.5) is 0 Å². The van der Waals surface area contributed by atoms with Crippen LogP contribution in [0.2, 0.25) is 0 Å². The van der Waals surface area contributed by atoms with E-state index < -0.39 is 0 Å². The first-order valence-electron chi connectivity index (χ1n) is 4.56. The lowest BCUT2D eigenvalue weighted by Gasteiger charge is -2.01. The van der Waals surface area contributed by atoms with Crippen molar-refractivity contribution >= 4 is 11.5 Å². The minimum Gasteiger partial charge on any atom is -0.409 e. The molecule has 0 fully saturated rings. The van der Waals surface area contributed by atoms with E-state index in [2.05, 4.69) is 10.1 Å². The first-order valence-corrected chi connectivity index (χ1v) is 4.56. The smallest absolute Gasteiger partial charge is 0.171 e. The van der Waals surface area contributed by atoms with Crippen molar-refractivity contribution in [2.75, 3.05) is 0 Å². The zero-order valence-corrected chi connectivity index (χ0v) is 8.60. The van der Waals surface area contributed by atoms with Gasteiger partial charge in [-0.25, -0.2) is 4.98 Å². The summed E-state index contributed by atoms with van der Waals surface area (Å²) >= 11 is 0. The fourth-order valence-electron chi connectivity index (χ4n) is 1.49. The van der Waals surface area contributed by atoms with Gasteiger partial charge in [-0.1, -0.05) is 5.16 Å². The SMILES string of the molecule is Cc1nc2ccc(/C(N)=N/O)cn2c1C. The standard InChI is InChI=1S/C10H12N4O/c1-6-7(2)14-5-8(10(11)13-15)3-4-9(14)12-6/h3-5,15H,1-2H3,(H2,11,13). The summed E-state index contributed by atoms with van der Waals surface area (Å²) in [6.45, 7) is 3.93. The highest BCUT2D eigenvalue weighted by atomic mass is 16.4. The monoisotopic (exact) mass is 204 g/mol. The molecule has 15 heavy (non-hydrogen) atoms. The Kier molecular flexibility index (Phi) is 2.07. The summed E-state index contributed by atoms with van der Waals surface area (Å²) in [4.78, 5) is 4.36. The number of pyridine rings is 1. The Bertz CT molecular complexity index is 542. The van der Waals surface area contributed by atoms with Crippen molar-refractivity contribution in [2.45, 2.75) is 13.8 Å². The number of aromatic nitrogens is 2. The highest BCUT2D eigenvalue weighted by Crippen LogP contribution is 2.12. The molecule has 2 heterocycles. The van der Waals surface area contributed by atoms with E-state index in [-0.39, 0.29) is 5.84 Å². The molecule has 2 aromatic rings. The minimum atomic E-state index is 0.0997. The van der Waals surface area contributed by atoms with Crippen LogP contribution in [-0.2, 0) is 0 Å². The second-order valence-electron chi connectivity index (χ2n) is 3.41. The molecule has 0 aliphatic heterocycles. The van der Waals surface area contributed by atoms with E-state index >= 15 is 0 Å². The van der Waals surface area contributed by atoms with Crippen LogP contribution >= 0.6 is 0 Å². The molecule has 0 aliphatic rings. The fourth-order valence-corrected chi connectivity index (χ4v) is 1.49. The predicted octanol–water partition coefficient (Wildman–Crippen LogP) is 1.05. The Morgan fingerprint density at radius 2 is 2.20 bits per heavy atom. The molecule has 0 bridgehead atoms. The van der Waals surface area contributed by atoms with Crippen molar-refractivity contribution in [3.05, 3.63) is 35.3 Å². The van der Waals surface area contributed by atoms with E-state index in [4.69, 9.17) is 10.9 Å². The highest BCUT2D eigenvalue weighted by Gasteiger charge is 2.06. The molecule has 0 saturated carbocycles. The Labute approximate surface area is 86.8 Å². The van der Waals surface area contributed by atoms with Crippen molar-refractivity contribution < 1.29 is 5.21 Å². The maximum atomic E-state index is 8.57. The molecular formula is C10H12N4O. The molecule has 0 radical (unpaired) electrons. The van der Waals surface area contributed by atoms with Gasteiger partial charge in [-0.3, -0.25) is 0 Å². The van der Waals surface area contributed by atoms with Gasteiger partial charge < -0.3 is 15.3 Å². The maximum Gasteiger partial charge on any atom is 0.171 e. The number of imidazole rings is 1. The van der Waals surface area contributed by atoms with E-state index in [1.165, 1.54) is 0 Å². The van der Waals surface area contributed by atoms with Gasteiger partial charge in [0, 0.05) is 17.5 Å². The number of amidine groups is 1. The third kappa shape index (κ3) is 1.41. The number of hydrogen-bond donors (Lipinski definition) is 2. The summed E-state index contributed by atoms with van der Waals surface area (Å²) in [5.41, 5.74) is 9.07. The van der Waals surface area contributed by atoms with Gasteiger partial charge in [0.25, 0.3) is 0 Å². The first-order chi connectivity index (χ1) is 7.13.